The van der Waals surface area contributed by atoms with Crippen molar-refractivity contribution in [3.8, 4) is 0 Å². The van der Waals surface area contributed by atoms with E-state index in [-0.39, 0.29) is 23.8 Å². The number of pyridine rings is 2. The highest BCUT2D eigenvalue weighted by atomic mass is 79.9. The quantitative estimate of drug-likeness (QED) is 0.342. The van der Waals surface area contributed by atoms with Gasteiger partial charge in [-0.15, -0.1) is 0 Å². The van der Waals surface area contributed by atoms with Gasteiger partial charge in [-0.1, -0.05) is 15.9 Å². The van der Waals surface area contributed by atoms with Crippen LogP contribution in [0.25, 0.3) is 10.9 Å². The van der Waals surface area contributed by atoms with Gasteiger partial charge in [0.1, 0.15) is 11.4 Å². The maximum atomic E-state index is 13.0. The lowest BCUT2D eigenvalue weighted by Gasteiger charge is -2.34. The number of rotatable bonds is 6. The third-order valence-electron chi connectivity index (χ3n) is 6.53. The van der Waals surface area contributed by atoms with Gasteiger partial charge in [-0.05, 0) is 76.8 Å². The van der Waals surface area contributed by atoms with E-state index in [0.29, 0.717) is 12.1 Å². The van der Waals surface area contributed by atoms with Crippen LogP contribution in [0.5, 0.6) is 0 Å². The number of benzene rings is 1. The van der Waals surface area contributed by atoms with Crippen LogP contribution in [0.15, 0.2) is 47.2 Å². The molecular weight excluding hydrogens is 534 g/mol. The average Bonchev–Trinajstić information content (AvgIpc) is 3.69. The Labute approximate surface area is 225 Å². The lowest BCUT2D eigenvalue weighted by molar-refractivity contribution is 0.0499. The van der Waals surface area contributed by atoms with Crippen LogP contribution in [-0.4, -0.2) is 46.6 Å². The van der Waals surface area contributed by atoms with Gasteiger partial charge in [0, 0.05) is 41.1 Å². The fourth-order valence-electron chi connectivity index (χ4n) is 4.62. The third-order valence-corrected chi connectivity index (χ3v) is 7.02. The summed E-state index contributed by atoms with van der Waals surface area (Å²) >= 11 is 3.55. The van der Waals surface area contributed by atoms with Crippen LogP contribution >= 0.6 is 15.9 Å². The molecule has 2 aliphatic rings. The highest BCUT2D eigenvalue weighted by Gasteiger charge is 2.32. The number of hydrogen-bond acceptors (Lipinski definition) is 7. The van der Waals surface area contributed by atoms with E-state index < -0.39 is 5.60 Å². The molecule has 0 bridgehead atoms. The Balaban J connectivity index is 1.33. The van der Waals surface area contributed by atoms with E-state index >= 15 is 0 Å². The number of nitrogens with one attached hydrogen (secondary N) is 2. The number of aromatic nitrogens is 2. The zero-order valence-electron chi connectivity index (χ0n) is 21.4. The zero-order chi connectivity index (χ0) is 26.2. The van der Waals surface area contributed by atoms with E-state index in [2.05, 4.69) is 36.4 Å². The summed E-state index contributed by atoms with van der Waals surface area (Å²) in [6, 6.07) is 9.82. The average molecular weight is 567 g/mol. The lowest BCUT2D eigenvalue weighted by Crippen LogP contribution is -2.49. The highest BCUT2D eigenvalue weighted by molar-refractivity contribution is 9.10. The van der Waals surface area contributed by atoms with Crippen LogP contribution in [0.1, 0.15) is 56.8 Å². The first-order chi connectivity index (χ1) is 17.7. The van der Waals surface area contributed by atoms with E-state index in [1.165, 1.54) is 0 Å². The molecule has 2 fully saturated rings. The van der Waals surface area contributed by atoms with E-state index in [4.69, 9.17) is 9.72 Å². The van der Waals surface area contributed by atoms with Crippen molar-refractivity contribution >= 4 is 55.9 Å². The maximum absolute atomic E-state index is 13.0. The van der Waals surface area contributed by atoms with Gasteiger partial charge >= 0.3 is 6.09 Å². The summed E-state index contributed by atoms with van der Waals surface area (Å²) in [5.74, 6) is 1.07. The van der Waals surface area contributed by atoms with Crippen molar-refractivity contribution in [3.05, 3.63) is 52.8 Å². The molecule has 1 aromatic carbocycles. The molecule has 2 N–H and O–H groups in total. The smallest absolute Gasteiger partial charge is 0.407 e. The van der Waals surface area contributed by atoms with Crippen LogP contribution in [0.3, 0.4) is 0 Å². The van der Waals surface area contributed by atoms with Gasteiger partial charge in [-0.3, -0.25) is 9.78 Å². The van der Waals surface area contributed by atoms with Crippen molar-refractivity contribution in [2.24, 2.45) is 5.92 Å². The SMILES string of the molecule is CC(C)(C)OC(=O)N[C@H]1CCCN(c2ccc(Nc3c(C(=O)C4CC4)cnc4ccc(Br)cc34)cn2)C1. The molecule has 0 spiro atoms. The summed E-state index contributed by atoms with van der Waals surface area (Å²) in [5, 5.41) is 7.33. The van der Waals surface area contributed by atoms with Gasteiger partial charge in [-0.2, -0.15) is 0 Å². The topological polar surface area (TPSA) is 96.5 Å². The number of amides is 1. The summed E-state index contributed by atoms with van der Waals surface area (Å²) in [4.78, 5) is 36.7. The molecule has 1 amide bonds. The summed E-state index contributed by atoms with van der Waals surface area (Å²) in [7, 11) is 0. The van der Waals surface area contributed by atoms with Gasteiger partial charge in [0.25, 0.3) is 0 Å². The van der Waals surface area contributed by atoms with Crippen LogP contribution < -0.4 is 15.5 Å². The number of anilines is 3. The van der Waals surface area contributed by atoms with E-state index in [1.54, 1.807) is 12.4 Å². The van der Waals surface area contributed by atoms with Gasteiger partial charge in [0.15, 0.2) is 5.78 Å². The summed E-state index contributed by atoms with van der Waals surface area (Å²) in [6.07, 6.45) is 6.81. The summed E-state index contributed by atoms with van der Waals surface area (Å²) < 4.78 is 6.34. The minimum atomic E-state index is -0.526. The summed E-state index contributed by atoms with van der Waals surface area (Å²) in [6.45, 7) is 7.12. The standard InChI is InChI=1S/C28H32BrN5O3/c1-28(2,3)37-27(36)33-20-5-4-12-34(16-20)24-11-9-19(14-31-24)32-25-21-13-18(29)8-10-23(21)30-15-22(25)26(35)17-6-7-17/h8-11,13-15,17,20H,4-7,12,16H2,1-3H3,(H,30,32)(H,33,36)/t20-/m0/s1. The lowest BCUT2D eigenvalue weighted by atomic mass is 10.0. The number of nitrogens with zero attached hydrogens (tertiary/aromatic N) is 3. The molecule has 3 heterocycles. The van der Waals surface area contributed by atoms with Crippen molar-refractivity contribution in [1.82, 2.24) is 15.3 Å². The van der Waals surface area contributed by atoms with Crippen molar-refractivity contribution in [3.63, 3.8) is 0 Å². The molecule has 1 saturated carbocycles. The number of halogens is 1. The van der Waals surface area contributed by atoms with Crippen molar-refractivity contribution in [2.45, 2.75) is 58.1 Å². The van der Waals surface area contributed by atoms with Gasteiger partial charge in [-0.25, -0.2) is 9.78 Å². The largest absolute Gasteiger partial charge is 0.444 e. The predicted octanol–water partition coefficient (Wildman–Crippen LogP) is 6.22. The normalized spacial score (nSPS) is 17.9. The predicted molar refractivity (Wildman–Crippen MR) is 149 cm³/mol. The van der Waals surface area contributed by atoms with Crippen LogP contribution in [0, 0.1) is 5.92 Å². The molecule has 1 saturated heterocycles. The first-order valence-corrected chi connectivity index (χ1v) is 13.6. The Kier molecular flexibility index (Phi) is 7.07. The van der Waals surface area contributed by atoms with Gasteiger partial charge < -0.3 is 20.3 Å². The number of piperidine rings is 1. The fraction of sp³-hybridized carbons (Fsp3) is 0.429. The fourth-order valence-corrected chi connectivity index (χ4v) is 4.98. The maximum Gasteiger partial charge on any atom is 0.407 e. The molecule has 1 aliphatic carbocycles. The second kappa shape index (κ2) is 10.3. The van der Waals surface area contributed by atoms with Crippen molar-refractivity contribution < 1.29 is 14.3 Å². The molecule has 8 nitrogen and oxygen atoms in total. The highest BCUT2D eigenvalue weighted by Crippen LogP contribution is 2.38. The molecule has 2 aromatic heterocycles. The Morgan fingerprint density at radius 1 is 1.08 bits per heavy atom. The van der Waals surface area contributed by atoms with E-state index in [1.807, 2.05) is 51.1 Å². The molecule has 0 radical (unpaired) electrons. The molecule has 37 heavy (non-hydrogen) atoms. The number of Topliss-reactive ketones (excluding diaryl/α,β-unsaturated/α-hetero) is 1. The Morgan fingerprint density at radius 2 is 1.89 bits per heavy atom. The Morgan fingerprint density at radius 3 is 2.59 bits per heavy atom. The van der Waals surface area contributed by atoms with Crippen LogP contribution in [0.2, 0.25) is 0 Å². The van der Waals surface area contributed by atoms with Crippen molar-refractivity contribution in [2.75, 3.05) is 23.3 Å². The Bertz CT molecular complexity index is 1320. The minimum absolute atomic E-state index is 0.000765. The number of hydrogen-bond donors (Lipinski definition) is 2. The first kappa shape index (κ1) is 25.4. The first-order valence-electron chi connectivity index (χ1n) is 12.8. The van der Waals surface area contributed by atoms with Gasteiger partial charge in [0.05, 0.1) is 28.7 Å². The zero-order valence-corrected chi connectivity index (χ0v) is 23.0. The molecule has 9 heteroatoms. The van der Waals surface area contributed by atoms with Crippen molar-refractivity contribution in [1.29, 1.82) is 0 Å². The van der Waals surface area contributed by atoms with E-state index in [9.17, 15) is 9.59 Å². The summed E-state index contributed by atoms with van der Waals surface area (Å²) in [5.41, 5.74) is 2.46. The van der Waals surface area contributed by atoms with Crippen LogP contribution in [-0.2, 0) is 4.74 Å². The van der Waals surface area contributed by atoms with E-state index in [0.717, 1.165) is 64.8 Å². The van der Waals surface area contributed by atoms with Crippen LogP contribution in [0.4, 0.5) is 22.0 Å². The molecule has 1 atom stereocenters. The Hall–Kier alpha value is -3.20. The number of carbonyl (C=O) groups is 2. The second-order valence-electron chi connectivity index (χ2n) is 10.8. The number of ketones is 1. The monoisotopic (exact) mass is 565 g/mol. The number of alkyl carbamates (subject to hydrolysis) is 1. The molecule has 5 rings (SSSR count). The molecule has 194 valence electrons. The molecular formula is C28H32BrN5O3. The number of ether oxygens (including phenoxy) is 1. The second-order valence-corrected chi connectivity index (χ2v) is 11.7. The third kappa shape index (κ3) is 6.21. The molecule has 0 unspecified atom stereocenters. The minimum Gasteiger partial charge on any atom is -0.444 e. The molecule has 3 aromatic rings. The molecule has 1 aliphatic heterocycles. The number of fused-ring (bicyclic) bond motifs is 1. The van der Waals surface area contributed by atoms with Gasteiger partial charge in [0.2, 0.25) is 0 Å². The number of carbonyl (C=O) groups excluding carboxylic acids is 2.